The molecule has 0 radical (unpaired) electrons. The molecule has 0 aliphatic carbocycles. The van der Waals surface area contributed by atoms with Gasteiger partial charge in [0.1, 0.15) is 0 Å². The SMILES string of the molecule is CC(C)c1cc(N)cc(N2CCC=N2)c1. The number of hydrogen-bond acceptors (Lipinski definition) is 3. The van der Waals surface area contributed by atoms with Gasteiger partial charge in [0.2, 0.25) is 0 Å². The molecule has 1 aliphatic heterocycles. The molecule has 0 atom stereocenters. The molecule has 2 rings (SSSR count). The smallest absolute Gasteiger partial charge is 0.0617 e. The summed E-state index contributed by atoms with van der Waals surface area (Å²) in [6.07, 6.45) is 2.96. The van der Waals surface area contributed by atoms with E-state index in [0.29, 0.717) is 5.92 Å². The minimum Gasteiger partial charge on any atom is -0.399 e. The minimum atomic E-state index is 0.499. The Morgan fingerprint density at radius 1 is 1.33 bits per heavy atom. The number of nitrogens with two attached hydrogens (primary N) is 1. The fraction of sp³-hybridized carbons (Fsp3) is 0.417. The number of hydrogen-bond donors (Lipinski definition) is 1. The Kier molecular flexibility index (Phi) is 2.62. The number of hydrazone groups is 1. The van der Waals surface area contributed by atoms with E-state index in [1.54, 1.807) is 0 Å². The van der Waals surface area contributed by atoms with E-state index in [0.717, 1.165) is 24.3 Å². The lowest BCUT2D eigenvalue weighted by Crippen LogP contribution is -2.12. The highest BCUT2D eigenvalue weighted by Gasteiger charge is 2.11. The second-order valence-electron chi connectivity index (χ2n) is 4.22. The van der Waals surface area contributed by atoms with Crippen molar-refractivity contribution in [2.24, 2.45) is 5.10 Å². The molecule has 3 heteroatoms. The van der Waals surface area contributed by atoms with Gasteiger partial charge < -0.3 is 5.73 Å². The lowest BCUT2D eigenvalue weighted by atomic mass is 10.0. The van der Waals surface area contributed by atoms with Gasteiger partial charge in [-0.25, -0.2) is 0 Å². The summed E-state index contributed by atoms with van der Waals surface area (Å²) >= 11 is 0. The van der Waals surface area contributed by atoms with Crippen LogP contribution >= 0.6 is 0 Å². The highest BCUT2D eigenvalue weighted by Crippen LogP contribution is 2.26. The van der Waals surface area contributed by atoms with E-state index in [2.05, 4.69) is 25.0 Å². The van der Waals surface area contributed by atoms with Crippen LogP contribution in [-0.2, 0) is 0 Å². The molecular formula is C12H17N3. The highest BCUT2D eigenvalue weighted by molar-refractivity contribution is 5.67. The first-order valence-corrected chi connectivity index (χ1v) is 5.37. The number of nitrogens with zero attached hydrogens (tertiary/aromatic N) is 2. The van der Waals surface area contributed by atoms with Crippen LogP contribution in [0.25, 0.3) is 0 Å². The van der Waals surface area contributed by atoms with Crippen molar-refractivity contribution in [3.8, 4) is 0 Å². The van der Waals surface area contributed by atoms with Crippen molar-refractivity contribution in [2.45, 2.75) is 26.2 Å². The van der Waals surface area contributed by atoms with Crippen LogP contribution in [0.2, 0.25) is 0 Å². The van der Waals surface area contributed by atoms with Crippen LogP contribution in [0.15, 0.2) is 23.3 Å². The summed E-state index contributed by atoms with van der Waals surface area (Å²) in [5.41, 5.74) is 9.08. The molecule has 2 N–H and O–H groups in total. The molecule has 15 heavy (non-hydrogen) atoms. The summed E-state index contributed by atoms with van der Waals surface area (Å²) in [7, 11) is 0. The average molecular weight is 203 g/mol. The van der Waals surface area contributed by atoms with Gasteiger partial charge in [-0.3, -0.25) is 5.01 Å². The highest BCUT2D eigenvalue weighted by atomic mass is 15.5. The molecular weight excluding hydrogens is 186 g/mol. The molecule has 1 heterocycles. The molecule has 1 aliphatic rings. The van der Waals surface area contributed by atoms with Crippen LogP contribution in [0.4, 0.5) is 11.4 Å². The standard InChI is InChI=1S/C12H17N3/c1-9(2)10-6-11(13)8-12(7-10)15-5-3-4-14-15/h4,6-9H,3,5,13H2,1-2H3. The molecule has 0 amide bonds. The Bertz CT molecular complexity index is 382. The molecule has 1 aromatic carbocycles. The number of anilines is 2. The summed E-state index contributed by atoms with van der Waals surface area (Å²) in [5, 5.41) is 6.30. The molecule has 0 spiro atoms. The Morgan fingerprint density at radius 2 is 2.13 bits per heavy atom. The van der Waals surface area contributed by atoms with Crippen LogP contribution in [0.5, 0.6) is 0 Å². The molecule has 80 valence electrons. The third-order valence-electron chi connectivity index (χ3n) is 2.62. The molecule has 1 aromatic rings. The number of rotatable bonds is 2. The minimum absolute atomic E-state index is 0.499. The monoisotopic (exact) mass is 203 g/mol. The maximum Gasteiger partial charge on any atom is 0.0617 e. The zero-order valence-electron chi connectivity index (χ0n) is 9.27. The second kappa shape index (κ2) is 3.93. The fourth-order valence-corrected chi connectivity index (χ4v) is 1.73. The van der Waals surface area contributed by atoms with Crippen LogP contribution < -0.4 is 10.7 Å². The van der Waals surface area contributed by atoms with Crippen molar-refractivity contribution in [1.82, 2.24) is 0 Å². The van der Waals surface area contributed by atoms with Crippen molar-refractivity contribution in [2.75, 3.05) is 17.3 Å². The largest absolute Gasteiger partial charge is 0.399 e. The molecule has 0 bridgehead atoms. The van der Waals surface area contributed by atoms with Gasteiger partial charge in [0, 0.05) is 24.9 Å². The summed E-state index contributed by atoms with van der Waals surface area (Å²) in [4.78, 5) is 0. The Hall–Kier alpha value is -1.51. The fourth-order valence-electron chi connectivity index (χ4n) is 1.73. The molecule has 0 unspecified atom stereocenters. The molecule has 0 saturated carbocycles. The Labute approximate surface area is 90.6 Å². The summed E-state index contributed by atoms with van der Waals surface area (Å²) in [5.74, 6) is 0.499. The van der Waals surface area contributed by atoms with E-state index >= 15 is 0 Å². The van der Waals surface area contributed by atoms with Gasteiger partial charge in [-0.1, -0.05) is 13.8 Å². The second-order valence-corrected chi connectivity index (χ2v) is 4.22. The van der Waals surface area contributed by atoms with Crippen molar-refractivity contribution >= 4 is 17.6 Å². The van der Waals surface area contributed by atoms with Gasteiger partial charge in [-0.15, -0.1) is 0 Å². The van der Waals surface area contributed by atoms with E-state index in [1.807, 2.05) is 23.4 Å². The molecule has 3 nitrogen and oxygen atoms in total. The van der Waals surface area contributed by atoms with Gasteiger partial charge in [0.15, 0.2) is 0 Å². The van der Waals surface area contributed by atoms with Gasteiger partial charge in [0.25, 0.3) is 0 Å². The zero-order chi connectivity index (χ0) is 10.8. The van der Waals surface area contributed by atoms with Gasteiger partial charge >= 0.3 is 0 Å². The summed E-state index contributed by atoms with van der Waals surface area (Å²) < 4.78 is 0. The van der Waals surface area contributed by atoms with Crippen molar-refractivity contribution in [3.05, 3.63) is 23.8 Å². The third-order valence-corrected chi connectivity index (χ3v) is 2.62. The van der Waals surface area contributed by atoms with Crippen LogP contribution in [-0.4, -0.2) is 12.8 Å². The van der Waals surface area contributed by atoms with Crippen LogP contribution in [0, 0.1) is 0 Å². The predicted octanol–water partition coefficient (Wildman–Crippen LogP) is 2.59. The topological polar surface area (TPSA) is 41.6 Å². The Morgan fingerprint density at radius 3 is 2.73 bits per heavy atom. The average Bonchev–Trinajstić information content (AvgIpc) is 2.69. The zero-order valence-corrected chi connectivity index (χ0v) is 9.27. The predicted molar refractivity (Wildman–Crippen MR) is 65.4 cm³/mol. The lowest BCUT2D eigenvalue weighted by Gasteiger charge is -2.17. The maximum atomic E-state index is 5.89. The number of benzene rings is 1. The molecule has 0 saturated heterocycles. The Balaban J connectivity index is 2.34. The normalized spacial score (nSPS) is 15.3. The first-order chi connectivity index (χ1) is 7.16. The van der Waals surface area contributed by atoms with E-state index in [4.69, 9.17) is 5.73 Å². The van der Waals surface area contributed by atoms with Crippen molar-refractivity contribution < 1.29 is 0 Å². The van der Waals surface area contributed by atoms with Gasteiger partial charge in [-0.05, 0) is 29.7 Å². The molecule has 0 fully saturated rings. The van der Waals surface area contributed by atoms with Crippen LogP contribution in [0.1, 0.15) is 31.7 Å². The first-order valence-electron chi connectivity index (χ1n) is 5.37. The van der Waals surface area contributed by atoms with E-state index < -0.39 is 0 Å². The van der Waals surface area contributed by atoms with E-state index in [9.17, 15) is 0 Å². The van der Waals surface area contributed by atoms with E-state index in [-0.39, 0.29) is 0 Å². The van der Waals surface area contributed by atoms with Gasteiger partial charge in [0.05, 0.1) is 5.69 Å². The first kappa shape index (κ1) is 10.0. The van der Waals surface area contributed by atoms with Crippen molar-refractivity contribution in [1.29, 1.82) is 0 Å². The van der Waals surface area contributed by atoms with E-state index in [1.165, 1.54) is 5.56 Å². The van der Waals surface area contributed by atoms with Crippen LogP contribution in [0.3, 0.4) is 0 Å². The van der Waals surface area contributed by atoms with Gasteiger partial charge in [-0.2, -0.15) is 5.10 Å². The maximum absolute atomic E-state index is 5.89. The third kappa shape index (κ3) is 2.12. The number of nitrogen functional groups attached to an aromatic ring is 1. The molecule has 0 aromatic heterocycles. The van der Waals surface area contributed by atoms with Crippen molar-refractivity contribution in [3.63, 3.8) is 0 Å². The quantitative estimate of drug-likeness (QED) is 0.751. The lowest BCUT2D eigenvalue weighted by molar-refractivity contribution is 0.859. The summed E-state index contributed by atoms with van der Waals surface area (Å²) in [6.45, 7) is 5.30. The summed E-state index contributed by atoms with van der Waals surface area (Å²) in [6, 6.07) is 6.19.